The number of nitrogens with one attached hydrogen (secondary N) is 1. The molecular formula is C12H18N4O2. The van der Waals surface area contributed by atoms with Gasteiger partial charge in [-0.05, 0) is 24.5 Å². The smallest absolute Gasteiger partial charge is 0.255 e. The van der Waals surface area contributed by atoms with Gasteiger partial charge in [0.15, 0.2) is 0 Å². The summed E-state index contributed by atoms with van der Waals surface area (Å²) >= 11 is 0. The van der Waals surface area contributed by atoms with E-state index in [1.165, 1.54) is 6.20 Å². The van der Waals surface area contributed by atoms with Gasteiger partial charge in [0.25, 0.3) is 5.91 Å². The van der Waals surface area contributed by atoms with Gasteiger partial charge in [0.05, 0.1) is 11.7 Å². The van der Waals surface area contributed by atoms with Gasteiger partial charge in [-0.2, -0.15) is 0 Å². The fourth-order valence-corrected chi connectivity index (χ4v) is 2.11. The summed E-state index contributed by atoms with van der Waals surface area (Å²) in [5, 5.41) is 9.64. The van der Waals surface area contributed by atoms with Crippen molar-refractivity contribution < 1.29 is 9.90 Å². The SMILES string of the molecule is CC1CN(C(=O)c2ccc(NN)nc2)CCC1O. The average molecular weight is 250 g/mol. The first kappa shape index (κ1) is 12.8. The number of anilines is 1. The fourth-order valence-electron chi connectivity index (χ4n) is 2.11. The maximum absolute atomic E-state index is 12.2. The molecular weight excluding hydrogens is 232 g/mol. The number of aliphatic hydroxyl groups excluding tert-OH is 1. The van der Waals surface area contributed by atoms with Crippen LogP contribution in [0.15, 0.2) is 18.3 Å². The van der Waals surface area contributed by atoms with Crippen molar-refractivity contribution in [2.24, 2.45) is 11.8 Å². The Morgan fingerprint density at radius 3 is 2.94 bits per heavy atom. The van der Waals surface area contributed by atoms with E-state index in [1.807, 2.05) is 6.92 Å². The highest BCUT2D eigenvalue weighted by molar-refractivity contribution is 5.94. The van der Waals surface area contributed by atoms with E-state index in [4.69, 9.17) is 5.84 Å². The van der Waals surface area contributed by atoms with Crippen LogP contribution < -0.4 is 11.3 Å². The predicted molar refractivity (Wildman–Crippen MR) is 67.7 cm³/mol. The summed E-state index contributed by atoms with van der Waals surface area (Å²) in [5.74, 6) is 5.80. The van der Waals surface area contributed by atoms with Crippen molar-refractivity contribution >= 4 is 11.7 Å². The number of aliphatic hydroxyl groups is 1. The van der Waals surface area contributed by atoms with Gasteiger partial charge in [-0.25, -0.2) is 10.8 Å². The van der Waals surface area contributed by atoms with E-state index in [0.29, 0.717) is 30.9 Å². The first-order valence-corrected chi connectivity index (χ1v) is 6.02. The summed E-state index contributed by atoms with van der Waals surface area (Å²) in [5.41, 5.74) is 2.96. The van der Waals surface area contributed by atoms with Crippen molar-refractivity contribution in [3.8, 4) is 0 Å². The highest BCUT2D eigenvalue weighted by atomic mass is 16.3. The van der Waals surface area contributed by atoms with Crippen LogP contribution >= 0.6 is 0 Å². The predicted octanol–water partition coefficient (Wildman–Crippen LogP) is 0.210. The quantitative estimate of drug-likeness (QED) is 0.515. The van der Waals surface area contributed by atoms with Crippen molar-refractivity contribution in [2.75, 3.05) is 18.5 Å². The lowest BCUT2D eigenvalue weighted by molar-refractivity contribution is 0.0297. The molecule has 0 saturated carbocycles. The summed E-state index contributed by atoms with van der Waals surface area (Å²) in [6.07, 6.45) is 1.83. The minimum absolute atomic E-state index is 0.0511. The van der Waals surface area contributed by atoms with E-state index in [9.17, 15) is 9.90 Å². The lowest BCUT2D eigenvalue weighted by Crippen LogP contribution is -2.45. The number of hydrogen-bond donors (Lipinski definition) is 3. The highest BCUT2D eigenvalue weighted by Crippen LogP contribution is 2.18. The molecule has 0 spiro atoms. The fraction of sp³-hybridized carbons (Fsp3) is 0.500. The number of likely N-dealkylation sites (tertiary alicyclic amines) is 1. The number of hydrogen-bond acceptors (Lipinski definition) is 5. The topological polar surface area (TPSA) is 91.5 Å². The standard InChI is InChI=1S/C12H18N4O2/c1-8-7-16(5-4-10(8)17)12(18)9-2-3-11(15-13)14-6-9/h2-3,6,8,10,17H,4-5,7,13H2,1H3,(H,14,15). The van der Waals surface area contributed by atoms with E-state index in [1.54, 1.807) is 17.0 Å². The Hall–Kier alpha value is -1.66. The molecule has 1 saturated heterocycles. The zero-order valence-electron chi connectivity index (χ0n) is 10.3. The second kappa shape index (κ2) is 5.32. The summed E-state index contributed by atoms with van der Waals surface area (Å²) in [6.45, 7) is 3.11. The van der Waals surface area contributed by atoms with Gasteiger partial charge in [-0.15, -0.1) is 0 Å². The molecule has 18 heavy (non-hydrogen) atoms. The Morgan fingerprint density at radius 1 is 1.61 bits per heavy atom. The van der Waals surface area contributed by atoms with Crippen molar-refractivity contribution in [2.45, 2.75) is 19.4 Å². The lowest BCUT2D eigenvalue weighted by Gasteiger charge is -2.34. The van der Waals surface area contributed by atoms with Crippen molar-refractivity contribution in [1.29, 1.82) is 0 Å². The highest BCUT2D eigenvalue weighted by Gasteiger charge is 2.27. The minimum atomic E-state index is -0.309. The molecule has 0 radical (unpaired) electrons. The third kappa shape index (κ3) is 2.60. The van der Waals surface area contributed by atoms with Crippen molar-refractivity contribution in [3.63, 3.8) is 0 Å². The number of pyridine rings is 1. The molecule has 1 aliphatic rings. The molecule has 1 amide bonds. The third-order valence-electron chi connectivity index (χ3n) is 3.31. The van der Waals surface area contributed by atoms with Gasteiger partial charge in [-0.1, -0.05) is 6.92 Å². The van der Waals surface area contributed by atoms with Gasteiger partial charge in [0, 0.05) is 19.3 Å². The summed E-state index contributed by atoms with van der Waals surface area (Å²) in [7, 11) is 0. The van der Waals surface area contributed by atoms with Crippen LogP contribution in [0, 0.1) is 5.92 Å². The summed E-state index contributed by atoms with van der Waals surface area (Å²) in [4.78, 5) is 18.0. The van der Waals surface area contributed by atoms with Gasteiger partial charge in [0.1, 0.15) is 5.82 Å². The monoisotopic (exact) mass is 250 g/mol. The molecule has 2 heterocycles. The molecule has 0 aromatic carbocycles. The number of carbonyl (C=O) groups excluding carboxylic acids is 1. The molecule has 2 rings (SSSR count). The molecule has 1 aliphatic heterocycles. The molecule has 0 aliphatic carbocycles. The summed E-state index contributed by atoms with van der Waals surface area (Å²) < 4.78 is 0. The van der Waals surface area contributed by atoms with Crippen LogP contribution in [0.25, 0.3) is 0 Å². The molecule has 4 N–H and O–H groups in total. The van der Waals surface area contributed by atoms with E-state index in [-0.39, 0.29) is 17.9 Å². The molecule has 6 heteroatoms. The van der Waals surface area contributed by atoms with E-state index in [2.05, 4.69) is 10.4 Å². The van der Waals surface area contributed by atoms with Crippen molar-refractivity contribution in [1.82, 2.24) is 9.88 Å². The van der Waals surface area contributed by atoms with Gasteiger partial charge in [0.2, 0.25) is 0 Å². The molecule has 1 aromatic heterocycles. The molecule has 6 nitrogen and oxygen atoms in total. The maximum Gasteiger partial charge on any atom is 0.255 e. The number of carbonyl (C=O) groups is 1. The zero-order chi connectivity index (χ0) is 13.1. The number of nitrogens with zero attached hydrogens (tertiary/aromatic N) is 2. The van der Waals surface area contributed by atoms with Crippen LogP contribution in [0.2, 0.25) is 0 Å². The number of hydrazine groups is 1. The second-order valence-corrected chi connectivity index (χ2v) is 4.66. The molecule has 1 fully saturated rings. The van der Waals surface area contributed by atoms with Gasteiger partial charge in [-0.3, -0.25) is 4.79 Å². The largest absolute Gasteiger partial charge is 0.393 e. The number of nitrogen functional groups attached to an aromatic ring is 1. The van der Waals surface area contributed by atoms with Crippen LogP contribution in [0.4, 0.5) is 5.82 Å². The van der Waals surface area contributed by atoms with Crippen molar-refractivity contribution in [3.05, 3.63) is 23.9 Å². The molecule has 98 valence electrons. The molecule has 1 aromatic rings. The average Bonchev–Trinajstić information content (AvgIpc) is 2.41. The number of nitrogens with two attached hydrogens (primary N) is 1. The molecule has 0 bridgehead atoms. The van der Waals surface area contributed by atoms with Crippen LogP contribution in [0.1, 0.15) is 23.7 Å². The molecule has 2 atom stereocenters. The Balaban J connectivity index is 2.06. The number of piperidine rings is 1. The van der Waals surface area contributed by atoms with Crippen LogP contribution in [0.5, 0.6) is 0 Å². The lowest BCUT2D eigenvalue weighted by atomic mass is 9.96. The van der Waals surface area contributed by atoms with E-state index < -0.39 is 0 Å². The Labute approximate surface area is 106 Å². The Bertz CT molecular complexity index is 421. The summed E-state index contributed by atoms with van der Waals surface area (Å²) in [6, 6.07) is 3.36. The van der Waals surface area contributed by atoms with Crippen LogP contribution in [0.3, 0.4) is 0 Å². The number of aromatic nitrogens is 1. The van der Waals surface area contributed by atoms with E-state index in [0.717, 1.165) is 0 Å². The number of amides is 1. The number of rotatable bonds is 2. The van der Waals surface area contributed by atoms with Crippen LogP contribution in [-0.4, -0.2) is 40.1 Å². The Kier molecular flexibility index (Phi) is 3.78. The zero-order valence-corrected chi connectivity index (χ0v) is 10.3. The van der Waals surface area contributed by atoms with Crippen LogP contribution in [-0.2, 0) is 0 Å². The Morgan fingerprint density at radius 2 is 2.39 bits per heavy atom. The second-order valence-electron chi connectivity index (χ2n) is 4.66. The first-order chi connectivity index (χ1) is 8.61. The van der Waals surface area contributed by atoms with Gasteiger partial charge >= 0.3 is 0 Å². The van der Waals surface area contributed by atoms with Gasteiger partial charge < -0.3 is 15.4 Å². The first-order valence-electron chi connectivity index (χ1n) is 6.02. The third-order valence-corrected chi connectivity index (χ3v) is 3.31. The minimum Gasteiger partial charge on any atom is -0.393 e. The maximum atomic E-state index is 12.2. The molecule has 2 unspecified atom stereocenters. The van der Waals surface area contributed by atoms with E-state index >= 15 is 0 Å². The normalized spacial score (nSPS) is 23.8.